The first kappa shape index (κ1) is 8.63. The Kier molecular flexibility index (Phi) is 2.37. The number of hydrogen-bond acceptors (Lipinski definition) is 2. The van der Waals surface area contributed by atoms with Crippen molar-refractivity contribution < 1.29 is 18.7 Å². The molecule has 0 saturated carbocycles. The first-order chi connectivity index (χ1) is 5.69. The molecule has 0 fully saturated rings. The highest BCUT2D eigenvalue weighted by Gasteiger charge is 2.14. The van der Waals surface area contributed by atoms with E-state index in [1.54, 1.807) is 0 Å². The predicted octanol–water partition coefficient (Wildman–Crippen LogP) is 0.978. The number of rotatable bonds is 3. The largest absolute Gasteiger partial charge is 0.478 e. The second-order valence-electron chi connectivity index (χ2n) is 2.09. The van der Waals surface area contributed by atoms with E-state index in [1.807, 2.05) is 0 Å². The van der Waals surface area contributed by atoms with Crippen molar-refractivity contribution in [3.8, 4) is 0 Å². The third-order valence-electron chi connectivity index (χ3n) is 1.32. The lowest BCUT2D eigenvalue weighted by Gasteiger charge is -1.87. The van der Waals surface area contributed by atoms with Gasteiger partial charge < -0.3 is 5.11 Å². The van der Waals surface area contributed by atoms with Gasteiger partial charge in [0.05, 0.1) is 0 Å². The number of alkyl halides is 2. The first-order valence-electron chi connectivity index (χ1n) is 3.10. The fourth-order valence-electron chi connectivity index (χ4n) is 0.800. The van der Waals surface area contributed by atoms with Gasteiger partial charge in [0.2, 0.25) is 0 Å². The Balaban J connectivity index is 3.08. The zero-order chi connectivity index (χ0) is 9.14. The third kappa shape index (κ3) is 1.41. The maximum absolute atomic E-state index is 12.0. The van der Waals surface area contributed by atoms with Crippen LogP contribution in [0.1, 0.15) is 16.1 Å². The van der Waals surface area contributed by atoms with Crippen LogP contribution in [0.15, 0.2) is 6.20 Å². The summed E-state index contributed by atoms with van der Waals surface area (Å²) in [5.74, 6) is -1.30. The molecule has 4 nitrogen and oxygen atoms in total. The fourth-order valence-corrected chi connectivity index (χ4v) is 0.800. The second-order valence-corrected chi connectivity index (χ2v) is 2.09. The number of aromatic nitrogens is 2. The molecular weight excluding hydrogens is 170 g/mol. The molecule has 12 heavy (non-hydrogen) atoms. The molecule has 1 aromatic rings. The molecule has 1 rings (SSSR count). The Labute approximate surface area is 66.4 Å². The molecule has 1 aromatic heterocycles. The molecule has 0 unspecified atom stereocenters. The van der Waals surface area contributed by atoms with Crippen LogP contribution in [0, 0.1) is 0 Å². The molecule has 0 bridgehead atoms. The summed E-state index contributed by atoms with van der Waals surface area (Å²) < 4.78 is 24.7. The van der Waals surface area contributed by atoms with E-state index in [0.29, 0.717) is 0 Å². The van der Waals surface area contributed by atoms with Crippen molar-refractivity contribution in [2.45, 2.75) is 13.5 Å². The molecule has 66 valence electrons. The molecule has 0 radical (unpaired) electrons. The van der Waals surface area contributed by atoms with Crippen LogP contribution in [0.3, 0.4) is 0 Å². The predicted molar refractivity (Wildman–Crippen MR) is 35.1 cm³/mol. The Morgan fingerprint density at radius 1 is 1.67 bits per heavy atom. The van der Waals surface area contributed by atoms with Gasteiger partial charge in [0.1, 0.15) is 17.9 Å². The summed E-state index contributed by atoms with van der Waals surface area (Å²) in [6.07, 6.45) is 0.956. The molecule has 0 aliphatic rings. The van der Waals surface area contributed by atoms with Crippen molar-refractivity contribution in [2.24, 2.45) is 0 Å². The van der Waals surface area contributed by atoms with Gasteiger partial charge in [0.25, 0.3) is 0 Å². The van der Waals surface area contributed by atoms with Gasteiger partial charge in [-0.3, -0.25) is 0 Å². The lowest BCUT2D eigenvalue weighted by atomic mass is 10.3. The Morgan fingerprint density at radius 2 is 2.33 bits per heavy atom. The molecule has 0 spiro atoms. The average molecular weight is 176 g/mol. The maximum Gasteiger partial charge on any atom is 0.339 e. The van der Waals surface area contributed by atoms with Crippen molar-refractivity contribution in [3.05, 3.63) is 17.5 Å². The zero-order valence-electron chi connectivity index (χ0n) is 6.00. The minimum atomic E-state index is -1.30. The molecule has 0 aromatic carbocycles. The summed E-state index contributed by atoms with van der Waals surface area (Å²) in [4.78, 5) is 10.4. The molecule has 6 heteroatoms. The lowest BCUT2D eigenvalue weighted by Crippen LogP contribution is -1.97. The van der Waals surface area contributed by atoms with Crippen LogP contribution >= 0.6 is 0 Å². The first-order valence-corrected chi connectivity index (χ1v) is 3.10. The van der Waals surface area contributed by atoms with E-state index in [9.17, 15) is 13.6 Å². The second kappa shape index (κ2) is 3.29. The smallest absolute Gasteiger partial charge is 0.339 e. The third-order valence-corrected chi connectivity index (χ3v) is 1.32. The highest BCUT2D eigenvalue weighted by Crippen LogP contribution is 2.08. The van der Waals surface area contributed by atoms with Gasteiger partial charge >= 0.3 is 5.97 Å². The van der Waals surface area contributed by atoms with E-state index in [1.165, 1.54) is 0 Å². The van der Waals surface area contributed by atoms with E-state index >= 15 is 0 Å². The summed E-state index contributed by atoms with van der Waals surface area (Å²) in [6.45, 7) is -1.96. The molecule has 1 heterocycles. The molecule has 1 N–H and O–H groups in total. The molecule has 0 saturated heterocycles. The minimum Gasteiger partial charge on any atom is -0.478 e. The van der Waals surface area contributed by atoms with Gasteiger partial charge in [0.15, 0.2) is 6.80 Å². The normalized spacial score (nSPS) is 10.2. The van der Waals surface area contributed by atoms with Gasteiger partial charge in [-0.25, -0.2) is 18.3 Å². The number of nitrogens with zero attached hydrogens (tertiary/aromatic N) is 2. The molecule has 0 atom stereocenters. The van der Waals surface area contributed by atoms with Crippen LogP contribution in [0.25, 0.3) is 0 Å². The highest BCUT2D eigenvalue weighted by atomic mass is 19.1. The lowest BCUT2D eigenvalue weighted by molar-refractivity contribution is 0.0694. The van der Waals surface area contributed by atoms with Crippen molar-refractivity contribution >= 4 is 5.97 Å². The standard InChI is InChI=1S/C6H6F2N2O2/c7-1-5-4(6(11)12)2-10(3-8)9-5/h2H,1,3H2,(H,11,12). The van der Waals surface area contributed by atoms with Crippen LogP contribution in [-0.2, 0) is 13.5 Å². The number of halogens is 2. The van der Waals surface area contributed by atoms with Crippen LogP contribution in [0.5, 0.6) is 0 Å². The summed E-state index contributed by atoms with van der Waals surface area (Å²) in [5.41, 5.74) is -0.546. The Morgan fingerprint density at radius 3 is 2.67 bits per heavy atom. The van der Waals surface area contributed by atoms with Crippen molar-refractivity contribution in [1.29, 1.82) is 0 Å². The van der Waals surface area contributed by atoms with Crippen LogP contribution < -0.4 is 0 Å². The number of hydrogen-bond donors (Lipinski definition) is 1. The SMILES string of the molecule is O=C(O)c1cn(CF)nc1CF. The molecular formula is C6H6F2N2O2. The van der Waals surface area contributed by atoms with Gasteiger partial charge in [-0.1, -0.05) is 0 Å². The van der Waals surface area contributed by atoms with Crippen LogP contribution in [0.2, 0.25) is 0 Å². The van der Waals surface area contributed by atoms with Crippen molar-refractivity contribution in [2.75, 3.05) is 0 Å². The Bertz CT molecular complexity index is 298. The number of carboxylic acid groups (broad SMARTS) is 1. The number of aromatic carboxylic acids is 1. The van der Waals surface area contributed by atoms with Crippen molar-refractivity contribution in [3.63, 3.8) is 0 Å². The van der Waals surface area contributed by atoms with Crippen LogP contribution in [-0.4, -0.2) is 20.9 Å². The van der Waals surface area contributed by atoms with E-state index in [4.69, 9.17) is 5.11 Å². The maximum atomic E-state index is 12.0. The number of carboxylic acids is 1. The summed E-state index contributed by atoms with van der Waals surface area (Å²) in [6, 6.07) is 0. The molecule has 0 aliphatic carbocycles. The van der Waals surface area contributed by atoms with Gasteiger partial charge in [0, 0.05) is 6.20 Å². The van der Waals surface area contributed by atoms with Crippen LogP contribution in [0.4, 0.5) is 8.78 Å². The van der Waals surface area contributed by atoms with Gasteiger partial charge in [-0.15, -0.1) is 0 Å². The van der Waals surface area contributed by atoms with Crippen molar-refractivity contribution in [1.82, 2.24) is 9.78 Å². The van der Waals surface area contributed by atoms with E-state index < -0.39 is 19.4 Å². The van der Waals surface area contributed by atoms with E-state index in [2.05, 4.69) is 5.10 Å². The van der Waals surface area contributed by atoms with E-state index in [0.717, 1.165) is 10.9 Å². The molecule has 0 amide bonds. The monoisotopic (exact) mass is 176 g/mol. The zero-order valence-corrected chi connectivity index (χ0v) is 6.00. The van der Waals surface area contributed by atoms with Gasteiger partial charge in [-0.2, -0.15) is 5.10 Å². The average Bonchev–Trinajstić information content (AvgIpc) is 2.47. The minimum absolute atomic E-state index is 0.250. The summed E-state index contributed by atoms with van der Waals surface area (Å²) in [7, 11) is 0. The quantitative estimate of drug-likeness (QED) is 0.746. The summed E-state index contributed by atoms with van der Waals surface area (Å²) >= 11 is 0. The topological polar surface area (TPSA) is 55.1 Å². The van der Waals surface area contributed by atoms with Gasteiger partial charge in [-0.05, 0) is 0 Å². The Hall–Kier alpha value is -1.46. The molecule has 0 aliphatic heterocycles. The number of carbonyl (C=O) groups is 1. The highest BCUT2D eigenvalue weighted by molar-refractivity contribution is 5.88. The summed E-state index contributed by atoms with van der Waals surface area (Å²) in [5, 5.41) is 11.8. The fraction of sp³-hybridized carbons (Fsp3) is 0.333. The van der Waals surface area contributed by atoms with E-state index in [-0.39, 0.29) is 11.3 Å².